The number of guanidine groups is 1. The maximum Gasteiger partial charge on any atom is 0.243 e. The van der Waals surface area contributed by atoms with Crippen molar-refractivity contribution in [3.8, 4) is 0 Å². The van der Waals surface area contributed by atoms with E-state index >= 15 is 0 Å². The molecule has 0 heterocycles. The summed E-state index contributed by atoms with van der Waals surface area (Å²) in [5, 5.41) is 15.0. The Kier molecular flexibility index (Phi) is 12.0. The van der Waals surface area contributed by atoms with Gasteiger partial charge in [-0.2, -0.15) is 0 Å². The average molecular weight is 384 g/mol. The normalized spacial score (nSPS) is 14.3. The van der Waals surface area contributed by atoms with Crippen LogP contribution in [-0.2, 0) is 14.4 Å². The van der Waals surface area contributed by atoms with Gasteiger partial charge in [0.05, 0.1) is 12.1 Å². The topological polar surface area (TPSA) is 163 Å². The molecule has 0 rings (SSSR count). The molecule has 1 radical (unpaired) electrons. The van der Waals surface area contributed by atoms with Gasteiger partial charge in [0.1, 0.15) is 6.04 Å². The fourth-order valence-corrected chi connectivity index (χ4v) is 2.56. The smallest absolute Gasteiger partial charge is 0.243 e. The Balaban J connectivity index is 4.76. The van der Waals surface area contributed by atoms with Crippen LogP contribution >= 0.6 is 0 Å². The number of hydrogen-bond donors (Lipinski definition) is 6. The number of nitrogens with one attached hydrogen (secondary N) is 4. The molecule has 0 spiro atoms. The molecule has 2 amide bonds. The van der Waals surface area contributed by atoms with Crippen molar-refractivity contribution in [3.05, 3.63) is 0 Å². The van der Waals surface area contributed by atoms with Crippen LogP contribution in [-0.4, -0.2) is 48.7 Å². The van der Waals surface area contributed by atoms with E-state index < -0.39 is 24.0 Å². The van der Waals surface area contributed by atoms with Crippen LogP contribution in [0.15, 0.2) is 0 Å². The molecule has 0 saturated heterocycles. The fraction of sp³-hybridized carbons (Fsp3) is 0.778. The molecule has 0 bridgehead atoms. The van der Waals surface area contributed by atoms with Crippen LogP contribution in [0.5, 0.6) is 0 Å². The Morgan fingerprint density at radius 1 is 1.04 bits per heavy atom. The first-order valence-electron chi connectivity index (χ1n) is 9.38. The second-order valence-corrected chi connectivity index (χ2v) is 7.59. The van der Waals surface area contributed by atoms with Crippen LogP contribution in [0.1, 0.15) is 53.4 Å². The predicted molar refractivity (Wildman–Crippen MR) is 106 cm³/mol. The minimum absolute atomic E-state index is 0.150. The maximum absolute atomic E-state index is 12.6. The summed E-state index contributed by atoms with van der Waals surface area (Å²) in [4.78, 5) is 36.0. The molecule has 0 aliphatic carbocycles. The third-order valence-electron chi connectivity index (χ3n) is 3.85. The highest BCUT2D eigenvalue weighted by molar-refractivity contribution is 5.90. The van der Waals surface area contributed by atoms with Gasteiger partial charge < -0.3 is 27.4 Å². The zero-order valence-corrected chi connectivity index (χ0v) is 16.8. The van der Waals surface area contributed by atoms with Crippen molar-refractivity contribution in [1.29, 1.82) is 5.41 Å². The lowest BCUT2D eigenvalue weighted by atomic mass is 10.00. The van der Waals surface area contributed by atoms with E-state index in [1.807, 2.05) is 27.7 Å². The number of carbonyl (C=O) groups is 2. The predicted octanol–water partition coefficient (Wildman–Crippen LogP) is -0.252. The summed E-state index contributed by atoms with van der Waals surface area (Å²) in [6.07, 6.45) is 3.64. The maximum atomic E-state index is 12.6. The minimum atomic E-state index is -0.790. The van der Waals surface area contributed by atoms with E-state index in [2.05, 4.69) is 16.0 Å². The highest BCUT2D eigenvalue weighted by Gasteiger charge is 2.26. The first kappa shape index (κ1) is 24.8. The Morgan fingerprint density at radius 2 is 1.63 bits per heavy atom. The number of hydrogen-bond acceptors (Lipinski definition) is 5. The first-order chi connectivity index (χ1) is 12.6. The summed E-state index contributed by atoms with van der Waals surface area (Å²) in [5.74, 6) is -0.520. The molecule has 0 saturated carbocycles. The number of nitrogens with two attached hydrogens (primary N) is 2. The monoisotopic (exact) mass is 383 g/mol. The highest BCUT2D eigenvalue weighted by atomic mass is 16.2. The van der Waals surface area contributed by atoms with E-state index in [0.717, 1.165) is 0 Å². The van der Waals surface area contributed by atoms with Crippen LogP contribution in [0.2, 0.25) is 0 Å². The van der Waals surface area contributed by atoms with Gasteiger partial charge >= 0.3 is 0 Å². The van der Waals surface area contributed by atoms with Crippen molar-refractivity contribution in [2.24, 2.45) is 23.3 Å². The van der Waals surface area contributed by atoms with Gasteiger partial charge in [-0.15, -0.1) is 0 Å². The van der Waals surface area contributed by atoms with Gasteiger partial charge in [-0.1, -0.05) is 27.7 Å². The molecule has 0 aliphatic rings. The number of rotatable bonds is 13. The molecular weight excluding hydrogens is 348 g/mol. The van der Waals surface area contributed by atoms with E-state index in [4.69, 9.17) is 16.9 Å². The van der Waals surface area contributed by atoms with Crippen LogP contribution in [0.25, 0.3) is 0 Å². The first-order valence-corrected chi connectivity index (χ1v) is 9.38. The summed E-state index contributed by atoms with van der Waals surface area (Å²) in [5.41, 5.74) is 11.1. The molecule has 0 aromatic carbocycles. The lowest BCUT2D eigenvalue weighted by Crippen LogP contribution is -2.54. The van der Waals surface area contributed by atoms with Crippen molar-refractivity contribution < 1.29 is 14.4 Å². The molecule has 0 aromatic rings. The second-order valence-electron chi connectivity index (χ2n) is 7.59. The molecule has 0 unspecified atom stereocenters. The van der Waals surface area contributed by atoms with E-state index in [-0.39, 0.29) is 23.7 Å². The summed E-state index contributed by atoms with van der Waals surface area (Å²) < 4.78 is 0. The molecule has 3 atom stereocenters. The molecule has 9 heteroatoms. The van der Waals surface area contributed by atoms with Gasteiger partial charge in [-0.3, -0.25) is 19.8 Å². The van der Waals surface area contributed by atoms with Crippen LogP contribution in [0, 0.1) is 17.2 Å². The van der Waals surface area contributed by atoms with E-state index in [1.54, 1.807) is 6.29 Å². The van der Waals surface area contributed by atoms with Crippen LogP contribution in [0.3, 0.4) is 0 Å². The lowest BCUT2D eigenvalue weighted by Gasteiger charge is -2.24. The van der Waals surface area contributed by atoms with Gasteiger partial charge in [0.15, 0.2) is 5.96 Å². The Bertz CT molecular complexity index is 495. The van der Waals surface area contributed by atoms with Crippen LogP contribution in [0.4, 0.5) is 0 Å². The quantitative estimate of drug-likeness (QED) is 0.146. The van der Waals surface area contributed by atoms with Crippen molar-refractivity contribution in [2.45, 2.75) is 71.5 Å². The Labute approximate surface area is 161 Å². The van der Waals surface area contributed by atoms with Crippen molar-refractivity contribution in [3.63, 3.8) is 0 Å². The Morgan fingerprint density at radius 3 is 2.11 bits per heavy atom. The van der Waals surface area contributed by atoms with Gasteiger partial charge in [0, 0.05) is 6.54 Å². The third kappa shape index (κ3) is 12.0. The van der Waals surface area contributed by atoms with E-state index in [9.17, 15) is 14.4 Å². The minimum Gasteiger partial charge on any atom is -0.370 e. The van der Waals surface area contributed by atoms with Gasteiger partial charge in [0.25, 0.3) is 0 Å². The number of amides is 2. The molecule has 0 aromatic heterocycles. The largest absolute Gasteiger partial charge is 0.370 e. The van der Waals surface area contributed by atoms with Gasteiger partial charge in [-0.05, 0) is 37.5 Å². The second kappa shape index (κ2) is 13.1. The molecular formula is C18H35N6O3. The van der Waals surface area contributed by atoms with Crippen molar-refractivity contribution in [1.82, 2.24) is 16.0 Å². The van der Waals surface area contributed by atoms with Gasteiger partial charge in [0.2, 0.25) is 18.1 Å². The summed E-state index contributed by atoms with van der Waals surface area (Å²) >= 11 is 0. The summed E-state index contributed by atoms with van der Waals surface area (Å²) in [7, 11) is 0. The zero-order chi connectivity index (χ0) is 21.0. The summed E-state index contributed by atoms with van der Waals surface area (Å²) in [6.45, 7) is 8.24. The molecule has 155 valence electrons. The van der Waals surface area contributed by atoms with Crippen LogP contribution < -0.4 is 27.4 Å². The molecule has 8 N–H and O–H groups in total. The van der Waals surface area contributed by atoms with E-state index in [1.165, 1.54) is 0 Å². The summed E-state index contributed by atoms with van der Waals surface area (Å²) in [6, 6.07) is -2.23. The third-order valence-corrected chi connectivity index (χ3v) is 3.85. The lowest BCUT2D eigenvalue weighted by molar-refractivity contribution is -0.130. The van der Waals surface area contributed by atoms with Gasteiger partial charge in [-0.25, -0.2) is 0 Å². The SMILES string of the molecule is CC(C)C[C@H](NC(=O)[C@@H](N)CC(C)C)C(=O)N[C@@H]([C]=O)CCCNC(=N)N. The zero-order valence-electron chi connectivity index (χ0n) is 16.8. The Hall–Kier alpha value is -2.16. The molecule has 0 aliphatic heterocycles. The number of carbonyl (C=O) groups excluding carboxylic acids is 3. The highest BCUT2D eigenvalue weighted by Crippen LogP contribution is 2.08. The molecule has 27 heavy (non-hydrogen) atoms. The fourth-order valence-electron chi connectivity index (χ4n) is 2.56. The molecule has 0 fully saturated rings. The molecule has 9 nitrogen and oxygen atoms in total. The average Bonchev–Trinajstić information content (AvgIpc) is 2.55. The van der Waals surface area contributed by atoms with Crippen molar-refractivity contribution >= 4 is 24.1 Å². The standard InChI is InChI=1S/C18H35N6O3/c1-11(2)8-14(19)16(26)24-15(9-12(3)4)17(27)23-13(10-25)6-5-7-22-18(20)21/h11-15H,5-9,19H2,1-4H3,(H,23,27)(H,24,26)(H4,20,21,22)/t13-,14+,15+/m1/s1. The van der Waals surface area contributed by atoms with Crippen molar-refractivity contribution in [2.75, 3.05) is 6.54 Å². The van der Waals surface area contributed by atoms with E-state index in [0.29, 0.717) is 32.2 Å².